The van der Waals surface area contributed by atoms with E-state index in [1.54, 1.807) is 0 Å². The quantitative estimate of drug-likeness (QED) is 0.841. The fourth-order valence-corrected chi connectivity index (χ4v) is 2.76. The van der Waals surface area contributed by atoms with Crippen molar-refractivity contribution in [2.75, 3.05) is 23.7 Å². The lowest BCUT2D eigenvalue weighted by atomic mass is 9.95. The summed E-state index contributed by atoms with van der Waals surface area (Å²) in [7, 11) is 0. The molecule has 0 saturated carbocycles. The van der Waals surface area contributed by atoms with Gasteiger partial charge in [0.05, 0.1) is 6.10 Å². The van der Waals surface area contributed by atoms with E-state index < -0.39 is 0 Å². The molecule has 19 heavy (non-hydrogen) atoms. The van der Waals surface area contributed by atoms with Gasteiger partial charge in [0.15, 0.2) is 0 Å². The van der Waals surface area contributed by atoms with Crippen LogP contribution in [0.2, 0.25) is 0 Å². The third kappa shape index (κ3) is 3.79. The van der Waals surface area contributed by atoms with Crippen LogP contribution in [0, 0.1) is 5.92 Å². The summed E-state index contributed by atoms with van der Waals surface area (Å²) in [5.74, 6) is 1.69. The molecule has 1 aliphatic heterocycles. The summed E-state index contributed by atoms with van der Waals surface area (Å²) in [6, 6.07) is 6.09. The van der Waals surface area contributed by atoms with E-state index >= 15 is 0 Å². The number of nitrogens with zero attached hydrogens (tertiary/aromatic N) is 1. The monoisotopic (exact) mass is 262 g/mol. The molecule has 0 radical (unpaired) electrons. The van der Waals surface area contributed by atoms with E-state index in [4.69, 9.17) is 10.5 Å². The van der Waals surface area contributed by atoms with Crippen molar-refractivity contribution in [1.29, 1.82) is 0 Å². The summed E-state index contributed by atoms with van der Waals surface area (Å²) in [6.45, 7) is 8.62. The predicted octanol–water partition coefficient (Wildman–Crippen LogP) is 3.68. The van der Waals surface area contributed by atoms with E-state index in [-0.39, 0.29) is 6.10 Å². The van der Waals surface area contributed by atoms with Crippen molar-refractivity contribution >= 4 is 11.4 Å². The molecule has 0 amide bonds. The van der Waals surface area contributed by atoms with Crippen LogP contribution in [0.4, 0.5) is 11.4 Å². The lowest BCUT2D eigenvalue weighted by Gasteiger charge is -2.34. The molecule has 1 aromatic rings. The molecule has 1 saturated heterocycles. The Morgan fingerprint density at radius 2 is 2.16 bits per heavy atom. The molecule has 1 unspecified atom stereocenters. The standard InChI is InChI=1S/C16H26N2O/c1-4-13-6-5-7-18(11-13)15-8-14(17)9-16(10-15)19-12(2)3/h8-10,12-13H,4-7,11,17H2,1-3H3. The highest BCUT2D eigenvalue weighted by Gasteiger charge is 2.19. The van der Waals surface area contributed by atoms with Gasteiger partial charge in [-0.15, -0.1) is 0 Å². The van der Waals surface area contributed by atoms with Crippen LogP contribution in [-0.4, -0.2) is 19.2 Å². The lowest BCUT2D eigenvalue weighted by Crippen LogP contribution is -2.35. The van der Waals surface area contributed by atoms with Crippen LogP contribution in [0.3, 0.4) is 0 Å². The molecule has 1 fully saturated rings. The van der Waals surface area contributed by atoms with E-state index in [2.05, 4.69) is 24.0 Å². The molecule has 0 spiro atoms. The number of rotatable bonds is 4. The SMILES string of the molecule is CCC1CCCN(c2cc(N)cc(OC(C)C)c2)C1. The zero-order valence-electron chi connectivity index (χ0n) is 12.4. The van der Waals surface area contributed by atoms with E-state index in [0.717, 1.165) is 30.4 Å². The Bertz CT molecular complexity index is 417. The van der Waals surface area contributed by atoms with Gasteiger partial charge in [-0.2, -0.15) is 0 Å². The maximum absolute atomic E-state index is 6.00. The molecule has 3 nitrogen and oxygen atoms in total. The maximum Gasteiger partial charge on any atom is 0.123 e. The molecule has 2 rings (SSSR count). The van der Waals surface area contributed by atoms with Crippen molar-refractivity contribution in [3.8, 4) is 5.75 Å². The van der Waals surface area contributed by atoms with Gasteiger partial charge < -0.3 is 15.4 Å². The van der Waals surface area contributed by atoms with E-state index in [0.29, 0.717) is 0 Å². The second-order valence-electron chi connectivity index (χ2n) is 5.79. The highest BCUT2D eigenvalue weighted by Crippen LogP contribution is 2.30. The molecule has 3 heteroatoms. The van der Waals surface area contributed by atoms with Crippen molar-refractivity contribution in [3.63, 3.8) is 0 Å². The molecule has 1 atom stereocenters. The first-order valence-electron chi connectivity index (χ1n) is 7.40. The van der Waals surface area contributed by atoms with Gasteiger partial charge >= 0.3 is 0 Å². The summed E-state index contributed by atoms with van der Waals surface area (Å²) in [6.07, 6.45) is 4.06. The van der Waals surface area contributed by atoms with Crippen molar-refractivity contribution in [2.45, 2.75) is 46.1 Å². The van der Waals surface area contributed by atoms with Gasteiger partial charge in [0.1, 0.15) is 5.75 Å². The number of nitrogen functional groups attached to an aromatic ring is 1. The van der Waals surface area contributed by atoms with Crippen LogP contribution < -0.4 is 15.4 Å². The summed E-state index contributed by atoms with van der Waals surface area (Å²) >= 11 is 0. The summed E-state index contributed by atoms with van der Waals surface area (Å²) in [5.41, 5.74) is 7.99. The summed E-state index contributed by atoms with van der Waals surface area (Å²) in [4.78, 5) is 2.45. The average molecular weight is 262 g/mol. The summed E-state index contributed by atoms with van der Waals surface area (Å²) in [5, 5.41) is 0. The Hall–Kier alpha value is -1.38. The Labute approximate surface area is 116 Å². The van der Waals surface area contributed by atoms with Crippen LogP contribution in [-0.2, 0) is 0 Å². The van der Waals surface area contributed by atoms with Gasteiger partial charge in [0.25, 0.3) is 0 Å². The normalized spacial score (nSPS) is 19.8. The molecule has 106 valence electrons. The lowest BCUT2D eigenvalue weighted by molar-refractivity contribution is 0.242. The number of hydrogen-bond donors (Lipinski definition) is 1. The number of piperidine rings is 1. The Morgan fingerprint density at radius 1 is 1.37 bits per heavy atom. The number of anilines is 2. The molecule has 1 aromatic carbocycles. The minimum Gasteiger partial charge on any atom is -0.491 e. The average Bonchev–Trinajstić information content (AvgIpc) is 2.37. The molecular weight excluding hydrogens is 236 g/mol. The van der Waals surface area contributed by atoms with E-state index in [9.17, 15) is 0 Å². The highest BCUT2D eigenvalue weighted by molar-refractivity contribution is 5.60. The van der Waals surface area contributed by atoms with Crippen LogP contribution in [0.1, 0.15) is 40.0 Å². The smallest absolute Gasteiger partial charge is 0.123 e. The fraction of sp³-hybridized carbons (Fsp3) is 0.625. The van der Waals surface area contributed by atoms with Crippen LogP contribution in [0.25, 0.3) is 0 Å². The van der Waals surface area contributed by atoms with Gasteiger partial charge in [0.2, 0.25) is 0 Å². The topological polar surface area (TPSA) is 38.5 Å². The molecule has 0 aromatic heterocycles. The molecule has 0 bridgehead atoms. The minimum absolute atomic E-state index is 0.180. The van der Waals surface area contributed by atoms with Crippen molar-refractivity contribution in [3.05, 3.63) is 18.2 Å². The van der Waals surface area contributed by atoms with Crippen LogP contribution in [0.15, 0.2) is 18.2 Å². The van der Waals surface area contributed by atoms with Crippen molar-refractivity contribution in [1.82, 2.24) is 0 Å². The number of benzene rings is 1. The van der Waals surface area contributed by atoms with Gasteiger partial charge in [-0.25, -0.2) is 0 Å². The maximum atomic E-state index is 6.00. The zero-order valence-corrected chi connectivity index (χ0v) is 12.4. The van der Waals surface area contributed by atoms with Gasteiger partial charge in [-0.3, -0.25) is 0 Å². The third-order valence-electron chi connectivity index (χ3n) is 3.75. The Kier molecular flexibility index (Phi) is 4.56. The number of hydrogen-bond acceptors (Lipinski definition) is 3. The first-order chi connectivity index (χ1) is 9.08. The van der Waals surface area contributed by atoms with Crippen LogP contribution >= 0.6 is 0 Å². The second kappa shape index (κ2) is 6.18. The second-order valence-corrected chi connectivity index (χ2v) is 5.79. The van der Waals surface area contributed by atoms with Gasteiger partial charge in [0, 0.05) is 36.6 Å². The molecule has 1 heterocycles. The Balaban J connectivity index is 2.16. The molecule has 1 aliphatic rings. The largest absolute Gasteiger partial charge is 0.491 e. The van der Waals surface area contributed by atoms with Gasteiger partial charge in [-0.1, -0.05) is 13.3 Å². The predicted molar refractivity (Wildman–Crippen MR) is 81.8 cm³/mol. The van der Waals surface area contributed by atoms with Crippen molar-refractivity contribution < 1.29 is 4.74 Å². The van der Waals surface area contributed by atoms with E-state index in [1.807, 2.05) is 19.9 Å². The van der Waals surface area contributed by atoms with Crippen molar-refractivity contribution in [2.24, 2.45) is 5.92 Å². The third-order valence-corrected chi connectivity index (χ3v) is 3.75. The molecular formula is C16H26N2O. The summed E-state index contributed by atoms with van der Waals surface area (Å²) < 4.78 is 5.77. The Morgan fingerprint density at radius 3 is 2.84 bits per heavy atom. The first kappa shape index (κ1) is 14.0. The van der Waals surface area contributed by atoms with E-state index in [1.165, 1.54) is 24.9 Å². The highest BCUT2D eigenvalue weighted by atomic mass is 16.5. The molecule has 2 N–H and O–H groups in total. The first-order valence-corrected chi connectivity index (χ1v) is 7.40. The molecule has 0 aliphatic carbocycles. The minimum atomic E-state index is 0.180. The van der Waals surface area contributed by atoms with Gasteiger partial charge in [-0.05, 0) is 38.7 Å². The van der Waals surface area contributed by atoms with Crippen LogP contribution in [0.5, 0.6) is 5.75 Å². The zero-order chi connectivity index (χ0) is 13.8. The number of ether oxygens (including phenoxy) is 1. The number of nitrogens with two attached hydrogens (primary N) is 1. The fourth-order valence-electron chi connectivity index (χ4n) is 2.76.